The van der Waals surface area contributed by atoms with Crippen LogP contribution in [0, 0.1) is 17.0 Å². The summed E-state index contributed by atoms with van der Waals surface area (Å²) in [6.07, 6.45) is 0. The van der Waals surface area contributed by atoms with Crippen LogP contribution >= 0.6 is 34.5 Å². The average Bonchev–Trinajstić information content (AvgIpc) is 2.07. The minimum absolute atomic E-state index is 0.0818. The summed E-state index contributed by atoms with van der Waals surface area (Å²) in [5, 5.41) is 10.3. The normalized spacial score (nSPS) is 10.1. The van der Waals surface area contributed by atoms with Gasteiger partial charge >= 0.3 is 5.69 Å². The van der Waals surface area contributed by atoms with E-state index in [0.717, 1.165) is 11.3 Å². The number of thiophene rings is 1. The molecule has 1 heterocycles. The van der Waals surface area contributed by atoms with Crippen LogP contribution in [0.1, 0.15) is 5.56 Å². The lowest BCUT2D eigenvalue weighted by molar-refractivity contribution is -0.384. The van der Waals surface area contributed by atoms with E-state index in [1.54, 1.807) is 6.92 Å². The first-order valence-electron chi connectivity index (χ1n) is 2.62. The lowest BCUT2D eigenvalue weighted by atomic mass is 10.3. The van der Waals surface area contributed by atoms with Crippen molar-refractivity contribution in [3.8, 4) is 0 Å². The van der Waals surface area contributed by atoms with Crippen LogP contribution in [0.25, 0.3) is 0 Å². The molecule has 0 radical (unpaired) electrons. The Morgan fingerprint density at radius 1 is 1.45 bits per heavy atom. The molecule has 1 aromatic rings. The molecule has 1 rings (SSSR count). The topological polar surface area (TPSA) is 43.1 Å². The molecule has 0 spiro atoms. The van der Waals surface area contributed by atoms with Gasteiger partial charge in [-0.2, -0.15) is 0 Å². The van der Waals surface area contributed by atoms with Gasteiger partial charge in [-0.3, -0.25) is 10.1 Å². The number of halogens is 2. The Labute approximate surface area is 76.7 Å². The molecule has 0 N–H and O–H groups in total. The molecule has 0 aromatic carbocycles. The van der Waals surface area contributed by atoms with Crippen molar-refractivity contribution < 1.29 is 4.92 Å². The predicted octanol–water partition coefficient (Wildman–Crippen LogP) is 3.27. The fourth-order valence-electron chi connectivity index (χ4n) is 0.653. The standard InChI is InChI=1S/C5H3Cl2NO2S/c1-2-3(8(9)10)5(7)11-4(2)6/h1H3. The third-order valence-electron chi connectivity index (χ3n) is 1.20. The summed E-state index contributed by atoms with van der Waals surface area (Å²) in [5.41, 5.74) is 0.355. The van der Waals surface area contributed by atoms with E-state index in [1.807, 2.05) is 0 Å². The Morgan fingerprint density at radius 3 is 2.18 bits per heavy atom. The summed E-state index contributed by atoms with van der Waals surface area (Å²) >= 11 is 12.2. The summed E-state index contributed by atoms with van der Waals surface area (Å²) in [7, 11) is 0. The molecule has 1 aromatic heterocycles. The molecule has 0 bridgehead atoms. The SMILES string of the molecule is Cc1c(Cl)sc(Cl)c1[N+](=O)[O-]. The molecule has 11 heavy (non-hydrogen) atoms. The second-order valence-electron chi connectivity index (χ2n) is 1.88. The molecule has 0 unspecified atom stereocenters. The fourth-order valence-corrected chi connectivity index (χ4v) is 2.27. The van der Waals surface area contributed by atoms with Gasteiger partial charge < -0.3 is 0 Å². The van der Waals surface area contributed by atoms with Crippen molar-refractivity contribution in [2.45, 2.75) is 6.92 Å². The molecular weight excluding hydrogens is 209 g/mol. The second kappa shape index (κ2) is 2.97. The van der Waals surface area contributed by atoms with Crippen molar-refractivity contribution in [1.82, 2.24) is 0 Å². The zero-order chi connectivity index (χ0) is 8.59. The van der Waals surface area contributed by atoms with Gasteiger partial charge in [0.05, 0.1) is 10.5 Å². The summed E-state index contributed by atoms with van der Waals surface area (Å²) in [4.78, 5) is 9.80. The maximum atomic E-state index is 10.3. The highest BCUT2D eigenvalue weighted by Crippen LogP contribution is 2.41. The zero-order valence-corrected chi connectivity index (χ0v) is 7.76. The van der Waals surface area contributed by atoms with Crippen LogP contribution in [-0.4, -0.2) is 4.92 Å². The van der Waals surface area contributed by atoms with Gasteiger partial charge in [-0.1, -0.05) is 23.2 Å². The van der Waals surface area contributed by atoms with Crippen LogP contribution in [0.3, 0.4) is 0 Å². The van der Waals surface area contributed by atoms with Gasteiger partial charge in [-0.15, -0.1) is 11.3 Å². The third kappa shape index (κ3) is 1.47. The molecule has 0 fully saturated rings. The fraction of sp³-hybridized carbons (Fsp3) is 0.200. The smallest absolute Gasteiger partial charge is 0.258 e. The van der Waals surface area contributed by atoms with Crippen LogP contribution in [-0.2, 0) is 0 Å². The highest BCUT2D eigenvalue weighted by molar-refractivity contribution is 7.20. The van der Waals surface area contributed by atoms with Crippen molar-refractivity contribution in [3.05, 3.63) is 24.4 Å². The number of nitro groups is 1. The summed E-state index contributed by atoms with van der Waals surface area (Å²) in [5.74, 6) is 0. The number of rotatable bonds is 1. The van der Waals surface area contributed by atoms with Gasteiger partial charge in [0.25, 0.3) is 0 Å². The van der Waals surface area contributed by atoms with Crippen molar-refractivity contribution in [1.29, 1.82) is 0 Å². The lowest BCUT2D eigenvalue weighted by Crippen LogP contribution is -1.87. The van der Waals surface area contributed by atoms with Crippen LogP contribution in [0.5, 0.6) is 0 Å². The molecule has 6 heteroatoms. The van der Waals surface area contributed by atoms with E-state index >= 15 is 0 Å². The second-order valence-corrected chi connectivity index (χ2v) is 4.10. The van der Waals surface area contributed by atoms with Gasteiger partial charge in [0.1, 0.15) is 4.34 Å². The highest BCUT2D eigenvalue weighted by atomic mass is 35.5. The Balaban J connectivity index is 3.34. The molecule has 0 saturated carbocycles. The summed E-state index contributed by atoms with van der Waals surface area (Å²) < 4.78 is 0.513. The molecule has 0 atom stereocenters. The van der Waals surface area contributed by atoms with Crippen molar-refractivity contribution in [3.63, 3.8) is 0 Å². The molecule has 0 amide bonds. The Hall–Kier alpha value is -0.320. The first-order chi connectivity index (χ1) is 5.04. The zero-order valence-electron chi connectivity index (χ0n) is 5.43. The third-order valence-corrected chi connectivity index (χ3v) is 2.98. The van der Waals surface area contributed by atoms with Gasteiger partial charge in [0.2, 0.25) is 0 Å². The summed E-state index contributed by atoms with van der Waals surface area (Å²) in [6, 6.07) is 0. The molecule has 60 valence electrons. The van der Waals surface area contributed by atoms with Crippen molar-refractivity contribution in [2.75, 3.05) is 0 Å². The van der Waals surface area contributed by atoms with E-state index in [1.165, 1.54) is 0 Å². The predicted molar refractivity (Wildman–Crippen MR) is 45.7 cm³/mol. The van der Waals surface area contributed by atoms with E-state index in [2.05, 4.69) is 0 Å². The van der Waals surface area contributed by atoms with Gasteiger partial charge in [0, 0.05) is 0 Å². The first-order valence-corrected chi connectivity index (χ1v) is 4.20. The van der Waals surface area contributed by atoms with Crippen LogP contribution < -0.4 is 0 Å². The largest absolute Gasteiger partial charge is 0.303 e. The van der Waals surface area contributed by atoms with Crippen LogP contribution in [0.2, 0.25) is 8.67 Å². The Bertz CT molecular complexity index is 310. The minimum Gasteiger partial charge on any atom is -0.258 e. The Kier molecular flexibility index (Phi) is 2.37. The van der Waals surface area contributed by atoms with Crippen molar-refractivity contribution >= 4 is 40.2 Å². The summed E-state index contributed by atoms with van der Waals surface area (Å²) in [6.45, 7) is 1.57. The molecule has 0 saturated heterocycles. The number of hydrogen-bond donors (Lipinski definition) is 0. The average molecular weight is 212 g/mol. The quantitative estimate of drug-likeness (QED) is 0.529. The van der Waals surface area contributed by atoms with Gasteiger partial charge in [-0.05, 0) is 6.92 Å². The van der Waals surface area contributed by atoms with Crippen LogP contribution in [0.15, 0.2) is 0 Å². The lowest BCUT2D eigenvalue weighted by Gasteiger charge is -1.87. The highest BCUT2D eigenvalue weighted by Gasteiger charge is 2.21. The van der Waals surface area contributed by atoms with E-state index in [9.17, 15) is 10.1 Å². The first kappa shape index (κ1) is 8.77. The number of hydrogen-bond acceptors (Lipinski definition) is 3. The maximum Gasteiger partial charge on any atom is 0.303 e. The van der Waals surface area contributed by atoms with E-state index in [4.69, 9.17) is 23.2 Å². The molecule has 3 nitrogen and oxygen atoms in total. The maximum absolute atomic E-state index is 10.3. The molecular formula is C5H3Cl2NO2S. The van der Waals surface area contributed by atoms with Crippen molar-refractivity contribution in [2.24, 2.45) is 0 Å². The Morgan fingerprint density at radius 2 is 2.00 bits per heavy atom. The monoisotopic (exact) mass is 211 g/mol. The molecule has 0 aliphatic rings. The minimum atomic E-state index is -0.528. The molecule has 0 aliphatic carbocycles. The van der Waals surface area contributed by atoms with E-state index in [0.29, 0.717) is 9.90 Å². The van der Waals surface area contributed by atoms with Gasteiger partial charge in [-0.25, -0.2) is 0 Å². The number of nitrogens with zero attached hydrogens (tertiary/aromatic N) is 1. The molecule has 0 aliphatic heterocycles. The van der Waals surface area contributed by atoms with E-state index in [-0.39, 0.29) is 10.0 Å². The van der Waals surface area contributed by atoms with Gasteiger partial charge in [0.15, 0.2) is 4.34 Å². The van der Waals surface area contributed by atoms with Crippen LogP contribution in [0.4, 0.5) is 5.69 Å². The van der Waals surface area contributed by atoms with E-state index < -0.39 is 4.92 Å².